The fraction of sp³-hybridized carbons (Fsp3) is 0.211. The summed E-state index contributed by atoms with van der Waals surface area (Å²) >= 11 is 0. The molecule has 3 aromatic rings. The highest BCUT2D eigenvalue weighted by atomic mass is 19.1. The number of benzene rings is 1. The molecule has 0 unspecified atom stereocenters. The molecule has 0 bridgehead atoms. The number of pyridine rings is 1. The van der Waals surface area contributed by atoms with E-state index in [-0.39, 0.29) is 18.5 Å². The van der Waals surface area contributed by atoms with Crippen molar-refractivity contribution in [2.45, 2.75) is 19.5 Å². The van der Waals surface area contributed by atoms with Gasteiger partial charge in [0.15, 0.2) is 0 Å². The molecule has 0 aliphatic rings. The van der Waals surface area contributed by atoms with Crippen LogP contribution in [0.4, 0.5) is 16.2 Å². The standard InChI is InChI=1S/C19H20FN5O/c1-13(12-26)23-19-24-17(15-5-7-21-8-6-15)10-18(25-19)22-11-14-3-2-4-16(20)9-14/h2-10,13,26H,11-12H2,1H3,(H2,22,23,24,25)/t13-/m1/s1. The van der Waals surface area contributed by atoms with Gasteiger partial charge in [-0.25, -0.2) is 9.37 Å². The molecule has 2 aromatic heterocycles. The topological polar surface area (TPSA) is 83.0 Å². The highest BCUT2D eigenvalue weighted by Crippen LogP contribution is 2.21. The van der Waals surface area contributed by atoms with Gasteiger partial charge in [-0.3, -0.25) is 4.98 Å². The quantitative estimate of drug-likeness (QED) is 0.605. The van der Waals surface area contributed by atoms with Gasteiger partial charge in [0, 0.05) is 36.6 Å². The van der Waals surface area contributed by atoms with Gasteiger partial charge < -0.3 is 15.7 Å². The summed E-state index contributed by atoms with van der Waals surface area (Å²) in [6, 6.07) is 11.8. The molecule has 0 amide bonds. The van der Waals surface area contributed by atoms with Gasteiger partial charge in [-0.2, -0.15) is 4.98 Å². The highest BCUT2D eigenvalue weighted by molar-refractivity contribution is 5.64. The lowest BCUT2D eigenvalue weighted by molar-refractivity contribution is 0.281. The number of hydrogen-bond acceptors (Lipinski definition) is 6. The van der Waals surface area contributed by atoms with Gasteiger partial charge in [0.05, 0.1) is 12.3 Å². The number of nitrogens with one attached hydrogen (secondary N) is 2. The predicted octanol–water partition coefficient (Wildman–Crippen LogP) is 3.08. The van der Waals surface area contributed by atoms with Crippen molar-refractivity contribution < 1.29 is 9.50 Å². The van der Waals surface area contributed by atoms with E-state index in [0.717, 1.165) is 16.8 Å². The Morgan fingerprint density at radius 1 is 1.12 bits per heavy atom. The third kappa shape index (κ3) is 4.73. The summed E-state index contributed by atoms with van der Waals surface area (Å²) in [5.74, 6) is 0.731. The summed E-state index contributed by atoms with van der Waals surface area (Å²) in [6.45, 7) is 2.23. The minimum atomic E-state index is -0.274. The van der Waals surface area contributed by atoms with Gasteiger partial charge in [-0.1, -0.05) is 12.1 Å². The Labute approximate surface area is 151 Å². The molecule has 7 heteroatoms. The lowest BCUT2D eigenvalue weighted by Gasteiger charge is -2.14. The van der Waals surface area contributed by atoms with E-state index in [9.17, 15) is 9.50 Å². The first kappa shape index (κ1) is 17.8. The molecule has 2 heterocycles. The van der Waals surface area contributed by atoms with Crippen LogP contribution < -0.4 is 10.6 Å². The molecule has 0 saturated heterocycles. The number of nitrogens with zero attached hydrogens (tertiary/aromatic N) is 3. The normalized spacial score (nSPS) is 11.8. The third-order valence-electron chi connectivity index (χ3n) is 3.71. The SMILES string of the molecule is C[C@H](CO)Nc1nc(NCc2cccc(F)c2)cc(-c2ccncc2)n1. The molecular weight excluding hydrogens is 333 g/mol. The van der Waals surface area contributed by atoms with Crippen molar-refractivity contribution in [2.24, 2.45) is 0 Å². The van der Waals surface area contributed by atoms with Crippen molar-refractivity contribution in [1.29, 1.82) is 0 Å². The van der Waals surface area contributed by atoms with Crippen LogP contribution in [0.1, 0.15) is 12.5 Å². The monoisotopic (exact) mass is 353 g/mol. The Hall–Kier alpha value is -3.06. The molecule has 0 radical (unpaired) electrons. The zero-order valence-corrected chi connectivity index (χ0v) is 14.4. The second-order valence-electron chi connectivity index (χ2n) is 5.91. The smallest absolute Gasteiger partial charge is 0.225 e. The first-order valence-electron chi connectivity index (χ1n) is 8.29. The van der Waals surface area contributed by atoms with E-state index in [0.29, 0.717) is 18.3 Å². The summed E-state index contributed by atoms with van der Waals surface area (Å²) < 4.78 is 13.3. The van der Waals surface area contributed by atoms with E-state index in [2.05, 4.69) is 25.6 Å². The number of rotatable bonds is 7. The Morgan fingerprint density at radius 2 is 1.92 bits per heavy atom. The lowest BCUT2D eigenvalue weighted by atomic mass is 10.2. The average Bonchev–Trinajstić information content (AvgIpc) is 2.67. The molecule has 0 fully saturated rings. The lowest BCUT2D eigenvalue weighted by Crippen LogP contribution is -2.21. The average molecular weight is 353 g/mol. The Balaban J connectivity index is 1.86. The molecule has 6 nitrogen and oxygen atoms in total. The highest BCUT2D eigenvalue weighted by Gasteiger charge is 2.09. The minimum Gasteiger partial charge on any atom is -0.394 e. The van der Waals surface area contributed by atoms with Gasteiger partial charge in [-0.05, 0) is 36.8 Å². The summed E-state index contributed by atoms with van der Waals surface area (Å²) in [5, 5.41) is 15.5. The van der Waals surface area contributed by atoms with E-state index in [1.807, 2.05) is 31.2 Å². The summed E-state index contributed by atoms with van der Waals surface area (Å²) in [7, 11) is 0. The maximum atomic E-state index is 13.3. The van der Waals surface area contributed by atoms with E-state index >= 15 is 0 Å². The maximum Gasteiger partial charge on any atom is 0.225 e. The molecule has 1 aromatic carbocycles. The molecule has 0 aliphatic heterocycles. The van der Waals surface area contributed by atoms with Crippen LogP contribution in [-0.2, 0) is 6.54 Å². The van der Waals surface area contributed by atoms with Crippen molar-refractivity contribution in [3.05, 3.63) is 66.2 Å². The molecule has 26 heavy (non-hydrogen) atoms. The largest absolute Gasteiger partial charge is 0.394 e. The molecule has 0 spiro atoms. The van der Waals surface area contributed by atoms with Crippen molar-refractivity contribution in [3.63, 3.8) is 0 Å². The maximum absolute atomic E-state index is 13.3. The van der Waals surface area contributed by atoms with E-state index in [1.54, 1.807) is 18.5 Å². The first-order chi connectivity index (χ1) is 12.6. The van der Waals surface area contributed by atoms with Gasteiger partial charge in [0.1, 0.15) is 11.6 Å². The fourth-order valence-corrected chi connectivity index (χ4v) is 2.38. The summed E-state index contributed by atoms with van der Waals surface area (Å²) in [4.78, 5) is 12.9. The van der Waals surface area contributed by atoms with E-state index in [1.165, 1.54) is 12.1 Å². The molecule has 0 aliphatic carbocycles. The third-order valence-corrected chi connectivity index (χ3v) is 3.71. The Morgan fingerprint density at radius 3 is 2.65 bits per heavy atom. The van der Waals surface area contributed by atoms with Gasteiger partial charge in [-0.15, -0.1) is 0 Å². The van der Waals surface area contributed by atoms with Crippen LogP contribution in [0.2, 0.25) is 0 Å². The van der Waals surface area contributed by atoms with Crippen LogP contribution in [0.5, 0.6) is 0 Å². The van der Waals surface area contributed by atoms with E-state index < -0.39 is 0 Å². The van der Waals surface area contributed by atoms with Crippen LogP contribution in [0.15, 0.2) is 54.9 Å². The molecular formula is C19H20FN5O. The molecule has 3 N–H and O–H groups in total. The zero-order valence-electron chi connectivity index (χ0n) is 14.4. The van der Waals surface area contributed by atoms with Crippen LogP contribution in [0, 0.1) is 5.82 Å². The molecule has 0 saturated carbocycles. The second kappa shape index (κ2) is 8.35. The van der Waals surface area contributed by atoms with Crippen molar-refractivity contribution in [2.75, 3.05) is 17.2 Å². The van der Waals surface area contributed by atoms with Gasteiger partial charge >= 0.3 is 0 Å². The number of aliphatic hydroxyl groups excluding tert-OH is 1. The number of hydrogen-bond donors (Lipinski definition) is 3. The van der Waals surface area contributed by atoms with Crippen LogP contribution >= 0.6 is 0 Å². The number of anilines is 2. The number of aliphatic hydroxyl groups is 1. The van der Waals surface area contributed by atoms with Crippen molar-refractivity contribution in [1.82, 2.24) is 15.0 Å². The number of halogens is 1. The zero-order chi connectivity index (χ0) is 18.4. The molecule has 3 rings (SSSR count). The minimum absolute atomic E-state index is 0.0328. The first-order valence-corrected chi connectivity index (χ1v) is 8.29. The van der Waals surface area contributed by atoms with Crippen molar-refractivity contribution >= 4 is 11.8 Å². The van der Waals surface area contributed by atoms with Crippen LogP contribution in [0.3, 0.4) is 0 Å². The Kier molecular flexibility index (Phi) is 5.70. The van der Waals surface area contributed by atoms with Crippen LogP contribution in [-0.4, -0.2) is 32.7 Å². The predicted molar refractivity (Wildman–Crippen MR) is 99.2 cm³/mol. The molecule has 1 atom stereocenters. The molecule has 134 valence electrons. The second-order valence-corrected chi connectivity index (χ2v) is 5.91. The number of aromatic nitrogens is 3. The summed E-state index contributed by atoms with van der Waals surface area (Å²) in [5.41, 5.74) is 2.43. The Bertz CT molecular complexity index is 860. The summed E-state index contributed by atoms with van der Waals surface area (Å²) in [6.07, 6.45) is 3.39. The van der Waals surface area contributed by atoms with Gasteiger partial charge in [0.2, 0.25) is 5.95 Å². The van der Waals surface area contributed by atoms with E-state index in [4.69, 9.17) is 0 Å². The van der Waals surface area contributed by atoms with Crippen LogP contribution in [0.25, 0.3) is 11.3 Å². The fourth-order valence-electron chi connectivity index (χ4n) is 2.38. The van der Waals surface area contributed by atoms with Gasteiger partial charge in [0.25, 0.3) is 0 Å². The van der Waals surface area contributed by atoms with Crippen molar-refractivity contribution in [3.8, 4) is 11.3 Å².